The minimum absolute atomic E-state index is 0.516. The summed E-state index contributed by atoms with van der Waals surface area (Å²) in [6.07, 6.45) is -7.40. The van der Waals surface area contributed by atoms with Gasteiger partial charge in [-0.3, -0.25) is 0 Å². The van der Waals surface area contributed by atoms with Gasteiger partial charge in [0.05, 0.1) is 0 Å². The summed E-state index contributed by atoms with van der Waals surface area (Å²) in [5.74, 6) is -0.555. The van der Waals surface area contributed by atoms with Crippen molar-refractivity contribution >= 4 is 0 Å². The standard InChI is InChI=1S/C9H9F3O2/c1-5-2-3-7(13)6(4-5)8(14)9(10,11)12/h2-4,8,13-14H,1H3/t8-/m0/s1. The largest absolute Gasteiger partial charge is 0.508 e. The predicted molar refractivity (Wildman–Crippen MR) is 43.9 cm³/mol. The van der Waals surface area contributed by atoms with Crippen molar-refractivity contribution < 1.29 is 23.4 Å². The third kappa shape index (κ3) is 2.17. The molecule has 0 aliphatic heterocycles. The molecule has 0 saturated heterocycles. The number of aryl methyl sites for hydroxylation is 1. The molecule has 0 unspecified atom stereocenters. The fraction of sp³-hybridized carbons (Fsp3) is 0.333. The molecular weight excluding hydrogens is 197 g/mol. The van der Waals surface area contributed by atoms with Gasteiger partial charge in [-0.2, -0.15) is 13.2 Å². The SMILES string of the molecule is Cc1ccc(O)c([C@H](O)C(F)(F)F)c1. The molecule has 0 spiro atoms. The van der Waals surface area contributed by atoms with Crippen molar-refractivity contribution in [3.63, 3.8) is 0 Å². The monoisotopic (exact) mass is 206 g/mol. The predicted octanol–water partition coefficient (Wildman–Crippen LogP) is 2.30. The molecule has 0 aliphatic carbocycles. The summed E-state index contributed by atoms with van der Waals surface area (Å²) in [6, 6.07) is 3.69. The van der Waals surface area contributed by atoms with Crippen LogP contribution >= 0.6 is 0 Å². The highest BCUT2D eigenvalue weighted by Crippen LogP contribution is 2.36. The van der Waals surface area contributed by atoms with Crippen LogP contribution in [0.5, 0.6) is 5.75 Å². The van der Waals surface area contributed by atoms with E-state index >= 15 is 0 Å². The zero-order valence-electron chi connectivity index (χ0n) is 7.34. The summed E-state index contributed by atoms with van der Waals surface area (Å²) in [6.45, 7) is 1.58. The smallest absolute Gasteiger partial charge is 0.418 e. The summed E-state index contributed by atoms with van der Waals surface area (Å²) < 4.78 is 36.3. The van der Waals surface area contributed by atoms with E-state index in [0.29, 0.717) is 5.56 Å². The van der Waals surface area contributed by atoms with Gasteiger partial charge in [-0.05, 0) is 19.1 Å². The Balaban J connectivity index is 3.12. The maximum absolute atomic E-state index is 12.1. The van der Waals surface area contributed by atoms with Crippen molar-refractivity contribution in [2.24, 2.45) is 0 Å². The first-order valence-electron chi connectivity index (χ1n) is 3.86. The van der Waals surface area contributed by atoms with Crippen LogP contribution in [0.25, 0.3) is 0 Å². The van der Waals surface area contributed by atoms with Gasteiger partial charge >= 0.3 is 6.18 Å². The molecule has 0 aliphatic rings. The van der Waals surface area contributed by atoms with Crippen molar-refractivity contribution in [1.29, 1.82) is 0 Å². The molecule has 2 nitrogen and oxygen atoms in total. The Hall–Kier alpha value is -1.23. The number of aliphatic hydroxyl groups is 1. The Bertz CT molecular complexity index is 333. The third-order valence-electron chi connectivity index (χ3n) is 1.79. The highest BCUT2D eigenvalue weighted by molar-refractivity contribution is 5.37. The molecule has 5 heteroatoms. The van der Waals surface area contributed by atoms with E-state index in [4.69, 9.17) is 10.2 Å². The van der Waals surface area contributed by atoms with E-state index in [1.54, 1.807) is 6.92 Å². The van der Waals surface area contributed by atoms with E-state index in [-0.39, 0.29) is 0 Å². The average Bonchev–Trinajstić information content (AvgIpc) is 2.06. The molecular formula is C9H9F3O2. The Kier molecular flexibility index (Phi) is 2.71. The lowest BCUT2D eigenvalue weighted by Gasteiger charge is -2.16. The van der Waals surface area contributed by atoms with Gasteiger partial charge in [0, 0.05) is 5.56 Å². The maximum atomic E-state index is 12.1. The summed E-state index contributed by atoms with van der Waals surface area (Å²) in [4.78, 5) is 0. The molecule has 78 valence electrons. The van der Waals surface area contributed by atoms with Gasteiger partial charge in [-0.15, -0.1) is 0 Å². The number of hydrogen-bond acceptors (Lipinski definition) is 2. The highest BCUT2D eigenvalue weighted by atomic mass is 19.4. The second kappa shape index (κ2) is 3.49. The van der Waals surface area contributed by atoms with Crippen LogP contribution in [0.4, 0.5) is 13.2 Å². The Morgan fingerprint density at radius 1 is 1.29 bits per heavy atom. The molecule has 0 fully saturated rings. The first-order chi connectivity index (χ1) is 6.32. The number of halogens is 3. The molecule has 1 atom stereocenters. The van der Waals surface area contributed by atoms with E-state index < -0.39 is 23.6 Å². The van der Waals surface area contributed by atoms with Gasteiger partial charge in [0.1, 0.15) is 5.75 Å². The lowest BCUT2D eigenvalue weighted by molar-refractivity contribution is -0.207. The van der Waals surface area contributed by atoms with Crippen LogP contribution < -0.4 is 0 Å². The van der Waals surface area contributed by atoms with E-state index in [1.165, 1.54) is 6.07 Å². The van der Waals surface area contributed by atoms with Crippen LogP contribution in [0, 0.1) is 6.92 Å². The van der Waals surface area contributed by atoms with E-state index in [1.807, 2.05) is 0 Å². The molecule has 0 amide bonds. The van der Waals surface area contributed by atoms with Crippen LogP contribution in [0.3, 0.4) is 0 Å². The normalized spacial score (nSPS) is 14.1. The van der Waals surface area contributed by atoms with Crippen LogP contribution in [0.1, 0.15) is 17.2 Å². The van der Waals surface area contributed by atoms with Gasteiger partial charge in [-0.25, -0.2) is 0 Å². The van der Waals surface area contributed by atoms with Crippen molar-refractivity contribution in [1.82, 2.24) is 0 Å². The molecule has 1 rings (SSSR count). The summed E-state index contributed by atoms with van der Waals surface area (Å²) in [7, 11) is 0. The van der Waals surface area contributed by atoms with Crippen LogP contribution in [0.2, 0.25) is 0 Å². The van der Waals surface area contributed by atoms with Gasteiger partial charge in [-0.1, -0.05) is 11.6 Å². The van der Waals surface area contributed by atoms with E-state index in [9.17, 15) is 13.2 Å². The quantitative estimate of drug-likeness (QED) is 0.740. The minimum atomic E-state index is -4.76. The first-order valence-corrected chi connectivity index (χ1v) is 3.86. The Morgan fingerprint density at radius 3 is 2.36 bits per heavy atom. The van der Waals surface area contributed by atoms with E-state index in [0.717, 1.165) is 12.1 Å². The number of phenols is 1. The number of hydrogen-bond donors (Lipinski definition) is 2. The number of aromatic hydroxyl groups is 1. The highest BCUT2D eigenvalue weighted by Gasteiger charge is 2.40. The molecule has 1 aromatic carbocycles. The minimum Gasteiger partial charge on any atom is -0.508 e. The summed E-state index contributed by atoms with van der Waals surface area (Å²) in [5, 5.41) is 18.0. The van der Waals surface area contributed by atoms with Crippen molar-refractivity contribution in [2.75, 3.05) is 0 Å². The number of benzene rings is 1. The van der Waals surface area contributed by atoms with Crippen molar-refractivity contribution in [3.05, 3.63) is 29.3 Å². The van der Waals surface area contributed by atoms with Gasteiger partial charge < -0.3 is 10.2 Å². The van der Waals surface area contributed by atoms with Crippen molar-refractivity contribution in [2.45, 2.75) is 19.2 Å². The molecule has 2 N–H and O–H groups in total. The van der Waals surface area contributed by atoms with Crippen LogP contribution in [-0.4, -0.2) is 16.4 Å². The topological polar surface area (TPSA) is 40.5 Å². The number of aliphatic hydroxyl groups excluding tert-OH is 1. The number of rotatable bonds is 1. The van der Waals surface area contributed by atoms with Gasteiger partial charge in [0.25, 0.3) is 0 Å². The van der Waals surface area contributed by atoms with Gasteiger partial charge in [0.2, 0.25) is 0 Å². The third-order valence-corrected chi connectivity index (χ3v) is 1.79. The van der Waals surface area contributed by atoms with Gasteiger partial charge in [0.15, 0.2) is 6.10 Å². The molecule has 0 aromatic heterocycles. The molecule has 0 saturated carbocycles. The average molecular weight is 206 g/mol. The zero-order chi connectivity index (χ0) is 10.9. The Morgan fingerprint density at radius 2 is 1.86 bits per heavy atom. The van der Waals surface area contributed by atoms with Crippen LogP contribution in [-0.2, 0) is 0 Å². The Labute approximate surface area is 78.6 Å². The molecule has 1 aromatic rings. The fourth-order valence-electron chi connectivity index (χ4n) is 1.07. The lowest BCUT2D eigenvalue weighted by Crippen LogP contribution is -2.20. The molecule has 0 radical (unpaired) electrons. The summed E-state index contributed by atoms with van der Waals surface area (Å²) in [5.41, 5.74) is 0.0265. The summed E-state index contributed by atoms with van der Waals surface area (Å²) >= 11 is 0. The van der Waals surface area contributed by atoms with Crippen molar-refractivity contribution in [3.8, 4) is 5.75 Å². The molecule has 14 heavy (non-hydrogen) atoms. The second-order valence-electron chi connectivity index (χ2n) is 3.01. The molecule has 0 bridgehead atoms. The number of phenolic OH excluding ortho intramolecular Hbond substituents is 1. The fourth-order valence-corrected chi connectivity index (χ4v) is 1.07. The number of alkyl halides is 3. The maximum Gasteiger partial charge on any atom is 0.418 e. The first kappa shape index (κ1) is 10.8. The van der Waals surface area contributed by atoms with E-state index in [2.05, 4.69) is 0 Å². The zero-order valence-corrected chi connectivity index (χ0v) is 7.34. The van der Waals surface area contributed by atoms with Crippen LogP contribution in [0.15, 0.2) is 18.2 Å². The lowest BCUT2D eigenvalue weighted by atomic mass is 10.1. The molecule has 0 heterocycles. The second-order valence-corrected chi connectivity index (χ2v) is 3.01.